The summed E-state index contributed by atoms with van der Waals surface area (Å²) in [5, 5.41) is 12.1. The van der Waals surface area contributed by atoms with Crippen molar-refractivity contribution in [3.05, 3.63) is 29.8 Å². The number of carbonyl (C=O) groups excluding carboxylic acids is 1. The van der Waals surface area contributed by atoms with Gasteiger partial charge in [0.1, 0.15) is 0 Å². The molecule has 1 aromatic rings. The average molecular weight is 293 g/mol. The van der Waals surface area contributed by atoms with E-state index < -0.39 is 5.97 Å². The molecule has 1 saturated carbocycles. The summed E-state index contributed by atoms with van der Waals surface area (Å²) in [7, 11) is 0. The molecule has 2 N–H and O–H groups in total. The molecule has 0 atom stereocenters. The molecule has 1 aliphatic rings. The molecule has 4 nitrogen and oxygen atoms in total. The second-order valence-corrected chi connectivity index (χ2v) is 6.01. The minimum absolute atomic E-state index is 0.0120. The zero-order valence-corrected chi connectivity index (χ0v) is 12.1. The quantitative estimate of drug-likeness (QED) is 0.819. The third kappa shape index (κ3) is 4.27. The highest BCUT2D eigenvalue weighted by Gasteiger charge is 2.16. The first-order valence-electron chi connectivity index (χ1n) is 6.91. The maximum atomic E-state index is 11.9. The molecule has 0 bridgehead atoms. The van der Waals surface area contributed by atoms with Gasteiger partial charge in [0.05, 0.1) is 11.3 Å². The Balaban J connectivity index is 1.85. The van der Waals surface area contributed by atoms with E-state index >= 15 is 0 Å². The highest BCUT2D eigenvalue weighted by Crippen LogP contribution is 2.23. The maximum absolute atomic E-state index is 11.9. The predicted molar refractivity (Wildman–Crippen MR) is 79.1 cm³/mol. The molecule has 0 aromatic heterocycles. The fourth-order valence-corrected chi connectivity index (χ4v) is 3.28. The molecule has 1 aromatic carbocycles. The number of carboxylic acid groups (broad SMARTS) is 1. The molecule has 0 saturated heterocycles. The highest BCUT2D eigenvalue weighted by molar-refractivity contribution is 8.00. The van der Waals surface area contributed by atoms with Gasteiger partial charge >= 0.3 is 5.97 Å². The fraction of sp³-hybridized carbons (Fsp3) is 0.467. The summed E-state index contributed by atoms with van der Waals surface area (Å²) in [4.78, 5) is 23.6. The number of carboxylic acids is 1. The van der Waals surface area contributed by atoms with Gasteiger partial charge in [-0.1, -0.05) is 31.4 Å². The molecule has 0 spiro atoms. The van der Waals surface area contributed by atoms with Crippen LogP contribution in [-0.2, 0) is 4.79 Å². The number of benzene rings is 1. The second kappa shape index (κ2) is 7.33. The Morgan fingerprint density at radius 2 is 1.90 bits per heavy atom. The van der Waals surface area contributed by atoms with E-state index in [4.69, 9.17) is 5.11 Å². The molecule has 1 aliphatic carbocycles. The number of nitrogens with one attached hydrogen (secondary N) is 1. The summed E-state index contributed by atoms with van der Waals surface area (Å²) in [5.74, 6) is -0.705. The Morgan fingerprint density at radius 3 is 2.60 bits per heavy atom. The minimum Gasteiger partial charge on any atom is -0.478 e. The Bertz CT molecular complexity index is 484. The number of amides is 1. The van der Waals surface area contributed by atoms with Gasteiger partial charge in [0.15, 0.2) is 0 Å². The van der Waals surface area contributed by atoms with E-state index in [1.807, 2.05) is 0 Å². The van der Waals surface area contributed by atoms with Crippen molar-refractivity contribution < 1.29 is 14.7 Å². The molecule has 1 fully saturated rings. The van der Waals surface area contributed by atoms with Crippen LogP contribution in [0.25, 0.3) is 0 Å². The monoisotopic (exact) mass is 293 g/mol. The van der Waals surface area contributed by atoms with Crippen molar-refractivity contribution in [1.82, 2.24) is 5.32 Å². The number of rotatable bonds is 5. The van der Waals surface area contributed by atoms with E-state index in [1.165, 1.54) is 31.0 Å². The normalized spacial score (nSPS) is 15.8. The van der Waals surface area contributed by atoms with E-state index in [1.54, 1.807) is 24.3 Å². The van der Waals surface area contributed by atoms with E-state index in [0.29, 0.717) is 10.9 Å². The summed E-state index contributed by atoms with van der Waals surface area (Å²) in [6.07, 6.45) is 5.73. The van der Waals surface area contributed by atoms with Crippen molar-refractivity contribution in [2.45, 2.75) is 43.0 Å². The molecule has 1 amide bonds. The van der Waals surface area contributed by atoms with Crippen LogP contribution >= 0.6 is 11.8 Å². The van der Waals surface area contributed by atoms with E-state index in [-0.39, 0.29) is 17.2 Å². The Morgan fingerprint density at radius 1 is 1.20 bits per heavy atom. The van der Waals surface area contributed by atoms with Crippen molar-refractivity contribution in [3.8, 4) is 0 Å². The molecule has 108 valence electrons. The predicted octanol–water partition coefficient (Wildman–Crippen LogP) is 2.93. The first-order valence-corrected chi connectivity index (χ1v) is 7.90. The van der Waals surface area contributed by atoms with Crippen molar-refractivity contribution in [1.29, 1.82) is 0 Å². The van der Waals surface area contributed by atoms with Gasteiger partial charge in [-0.05, 0) is 25.0 Å². The summed E-state index contributed by atoms with van der Waals surface area (Å²) >= 11 is 1.28. The van der Waals surface area contributed by atoms with Gasteiger partial charge in [0, 0.05) is 10.9 Å². The lowest BCUT2D eigenvalue weighted by Crippen LogP contribution is -2.37. The SMILES string of the molecule is O=C(CSc1ccccc1C(=O)O)NC1CCCCC1. The van der Waals surface area contributed by atoms with Crippen molar-refractivity contribution in [2.75, 3.05) is 5.75 Å². The Labute approximate surface area is 123 Å². The maximum Gasteiger partial charge on any atom is 0.336 e. The molecule has 20 heavy (non-hydrogen) atoms. The zero-order valence-electron chi connectivity index (χ0n) is 11.3. The lowest BCUT2D eigenvalue weighted by molar-refractivity contribution is -0.119. The minimum atomic E-state index is -0.958. The van der Waals surface area contributed by atoms with Crippen LogP contribution in [0.3, 0.4) is 0 Å². The largest absolute Gasteiger partial charge is 0.478 e. The molecule has 0 unspecified atom stereocenters. The summed E-state index contributed by atoms with van der Waals surface area (Å²) in [5.41, 5.74) is 0.253. The van der Waals surface area contributed by atoms with Crippen LogP contribution in [0.4, 0.5) is 0 Å². The van der Waals surface area contributed by atoms with Gasteiger partial charge in [0.2, 0.25) is 5.91 Å². The Hall–Kier alpha value is -1.49. The van der Waals surface area contributed by atoms with Crippen molar-refractivity contribution in [3.63, 3.8) is 0 Å². The molecular formula is C15H19NO3S. The second-order valence-electron chi connectivity index (χ2n) is 4.99. The molecule has 0 heterocycles. The summed E-state index contributed by atoms with van der Waals surface area (Å²) in [6.45, 7) is 0. The number of carbonyl (C=O) groups is 2. The van der Waals surface area contributed by atoms with Crippen LogP contribution in [0.1, 0.15) is 42.5 Å². The first-order chi connectivity index (χ1) is 9.66. The number of thioether (sulfide) groups is 1. The molecule has 0 radical (unpaired) electrons. The van der Waals surface area contributed by atoms with Gasteiger partial charge < -0.3 is 10.4 Å². The fourth-order valence-electron chi connectivity index (χ4n) is 2.43. The van der Waals surface area contributed by atoms with Crippen LogP contribution in [0.15, 0.2) is 29.2 Å². The number of aromatic carboxylic acids is 1. The number of hydrogen-bond donors (Lipinski definition) is 2. The van der Waals surface area contributed by atoms with Gasteiger partial charge in [0.25, 0.3) is 0 Å². The van der Waals surface area contributed by atoms with Crippen molar-refractivity contribution in [2.24, 2.45) is 0 Å². The molecule has 2 rings (SSSR count). The Kier molecular flexibility index (Phi) is 5.47. The van der Waals surface area contributed by atoms with E-state index in [9.17, 15) is 9.59 Å². The summed E-state index contributed by atoms with van der Waals surface area (Å²) in [6, 6.07) is 7.07. The lowest BCUT2D eigenvalue weighted by atomic mass is 9.95. The van der Waals surface area contributed by atoms with E-state index in [0.717, 1.165) is 12.8 Å². The average Bonchev–Trinajstić information content (AvgIpc) is 2.46. The smallest absolute Gasteiger partial charge is 0.336 e. The standard InChI is InChI=1S/C15H19NO3S/c17-14(16-11-6-2-1-3-7-11)10-20-13-9-5-4-8-12(13)15(18)19/h4-5,8-9,11H,1-3,6-7,10H2,(H,16,17)(H,18,19). The molecule has 0 aliphatic heterocycles. The summed E-state index contributed by atoms with van der Waals surface area (Å²) < 4.78 is 0. The van der Waals surface area contributed by atoms with Gasteiger partial charge in [-0.25, -0.2) is 4.79 Å². The van der Waals surface area contributed by atoms with Gasteiger partial charge in [-0.3, -0.25) is 4.79 Å². The number of hydrogen-bond acceptors (Lipinski definition) is 3. The van der Waals surface area contributed by atoms with Crippen molar-refractivity contribution >= 4 is 23.6 Å². The molecular weight excluding hydrogens is 274 g/mol. The molecule has 5 heteroatoms. The topological polar surface area (TPSA) is 66.4 Å². The van der Waals surface area contributed by atoms with Crippen LogP contribution < -0.4 is 5.32 Å². The third-order valence-corrected chi connectivity index (χ3v) is 4.52. The zero-order chi connectivity index (χ0) is 14.4. The van der Waals surface area contributed by atoms with Crippen LogP contribution in [0.2, 0.25) is 0 Å². The highest BCUT2D eigenvalue weighted by atomic mass is 32.2. The van der Waals surface area contributed by atoms with Crippen LogP contribution in [0.5, 0.6) is 0 Å². The van der Waals surface area contributed by atoms with Crippen LogP contribution in [0, 0.1) is 0 Å². The van der Waals surface area contributed by atoms with Gasteiger partial charge in [-0.15, -0.1) is 11.8 Å². The van der Waals surface area contributed by atoms with Gasteiger partial charge in [-0.2, -0.15) is 0 Å². The lowest BCUT2D eigenvalue weighted by Gasteiger charge is -2.22. The van der Waals surface area contributed by atoms with Crippen LogP contribution in [-0.4, -0.2) is 28.8 Å². The first kappa shape index (κ1) is 14.9. The third-order valence-electron chi connectivity index (χ3n) is 3.45. The van der Waals surface area contributed by atoms with E-state index in [2.05, 4.69) is 5.32 Å².